The number of hydrogen-bond donors (Lipinski definition) is 1. The van der Waals surface area contributed by atoms with E-state index in [4.69, 9.17) is 0 Å². The van der Waals surface area contributed by atoms with Crippen LogP contribution in [0.15, 0.2) is 78.9 Å². The van der Waals surface area contributed by atoms with E-state index < -0.39 is 35.5 Å². The first-order valence-corrected chi connectivity index (χ1v) is 11.8. The molecule has 2 unspecified atom stereocenters. The van der Waals surface area contributed by atoms with E-state index in [1.807, 2.05) is 18.2 Å². The molecule has 2 atom stereocenters. The predicted molar refractivity (Wildman–Crippen MR) is 127 cm³/mol. The Morgan fingerprint density at radius 2 is 1.46 bits per heavy atom. The molecule has 9 heteroatoms. The molecule has 3 aromatic rings. The molecule has 37 heavy (non-hydrogen) atoms. The molecule has 0 saturated heterocycles. The molecule has 0 aromatic heterocycles. The average Bonchev–Trinajstić information content (AvgIpc) is 3.06. The van der Waals surface area contributed by atoms with Crippen molar-refractivity contribution in [2.75, 3.05) is 4.90 Å². The Labute approximate surface area is 210 Å². The number of carbonyl (C=O) groups excluding carboxylic acids is 1. The van der Waals surface area contributed by atoms with Gasteiger partial charge in [-0.2, -0.15) is 26.3 Å². The molecular weight excluding hydrogens is 496 g/mol. The molecular formula is C28H25F6NO2. The lowest BCUT2D eigenvalue weighted by Gasteiger charge is -2.35. The maximum atomic E-state index is 13.9. The van der Waals surface area contributed by atoms with Gasteiger partial charge in [-0.05, 0) is 48.9 Å². The molecule has 0 aliphatic carbocycles. The SMILES string of the molecule is CC(C(=O)N1c2ccc(C(O)(C(F)(F)F)C(F)(F)F)cc2CCCC1c1ccccc1)c1ccccc1. The smallest absolute Gasteiger partial charge is 0.369 e. The number of amides is 1. The van der Waals surface area contributed by atoms with Crippen molar-refractivity contribution < 1.29 is 36.2 Å². The summed E-state index contributed by atoms with van der Waals surface area (Å²) in [7, 11) is 0. The summed E-state index contributed by atoms with van der Waals surface area (Å²) < 4.78 is 81.3. The van der Waals surface area contributed by atoms with Crippen LogP contribution in [0.25, 0.3) is 0 Å². The van der Waals surface area contributed by atoms with Gasteiger partial charge in [0.25, 0.3) is 5.60 Å². The number of aryl methyl sites for hydroxylation is 1. The number of rotatable bonds is 4. The van der Waals surface area contributed by atoms with Gasteiger partial charge in [-0.25, -0.2) is 0 Å². The largest absolute Gasteiger partial charge is 0.430 e. The highest BCUT2D eigenvalue weighted by molar-refractivity contribution is 5.99. The van der Waals surface area contributed by atoms with Crippen molar-refractivity contribution >= 4 is 11.6 Å². The summed E-state index contributed by atoms with van der Waals surface area (Å²) in [5.74, 6) is -0.960. The molecule has 196 valence electrons. The minimum Gasteiger partial charge on any atom is -0.369 e. The van der Waals surface area contributed by atoms with Crippen LogP contribution in [0.1, 0.15) is 54.0 Å². The molecule has 3 nitrogen and oxygen atoms in total. The summed E-state index contributed by atoms with van der Waals surface area (Å²) in [6.07, 6.45) is -11.0. The highest BCUT2D eigenvalue weighted by Gasteiger charge is 2.71. The van der Waals surface area contributed by atoms with Crippen molar-refractivity contribution in [3.63, 3.8) is 0 Å². The summed E-state index contributed by atoms with van der Waals surface area (Å²) >= 11 is 0. The lowest BCUT2D eigenvalue weighted by Crippen LogP contribution is -2.54. The minimum absolute atomic E-state index is 0.136. The highest BCUT2D eigenvalue weighted by Crippen LogP contribution is 2.51. The van der Waals surface area contributed by atoms with E-state index in [2.05, 4.69) is 0 Å². The van der Waals surface area contributed by atoms with Gasteiger partial charge in [0.05, 0.1) is 12.0 Å². The van der Waals surface area contributed by atoms with Gasteiger partial charge in [0.1, 0.15) is 0 Å². The third-order valence-corrected chi connectivity index (χ3v) is 6.90. The fraction of sp³-hybridized carbons (Fsp3) is 0.321. The molecule has 1 heterocycles. The van der Waals surface area contributed by atoms with Gasteiger partial charge < -0.3 is 10.0 Å². The Bertz CT molecular complexity index is 1230. The first-order chi connectivity index (χ1) is 17.4. The molecule has 0 bridgehead atoms. The van der Waals surface area contributed by atoms with Crippen molar-refractivity contribution in [2.45, 2.75) is 56.1 Å². The molecule has 4 rings (SSSR count). The van der Waals surface area contributed by atoms with Crippen LogP contribution in [-0.4, -0.2) is 23.4 Å². The van der Waals surface area contributed by atoms with E-state index in [9.17, 15) is 36.2 Å². The fourth-order valence-corrected chi connectivity index (χ4v) is 4.87. The van der Waals surface area contributed by atoms with Gasteiger partial charge in [0, 0.05) is 11.3 Å². The zero-order valence-corrected chi connectivity index (χ0v) is 19.9. The number of alkyl halides is 6. The van der Waals surface area contributed by atoms with Crippen molar-refractivity contribution in [3.05, 3.63) is 101 Å². The van der Waals surface area contributed by atoms with Crippen LogP contribution in [0.5, 0.6) is 0 Å². The Balaban J connectivity index is 1.87. The number of halogens is 6. The molecule has 0 saturated carbocycles. The maximum Gasteiger partial charge on any atom is 0.430 e. The van der Waals surface area contributed by atoms with Crippen LogP contribution in [0.2, 0.25) is 0 Å². The fourth-order valence-electron chi connectivity index (χ4n) is 4.87. The van der Waals surface area contributed by atoms with Crippen molar-refractivity contribution in [3.8, 4) is 0 Å². The number of hydrogen-bond acceptors (Lipinski definition) is 2. The lowest BCUT2D eigenvalue weighted by molar-refractivity contribution is -0.376. The van der Waals surface area contributed by atoms with Crippen molar-refractivity contribution in [1.82, 2.24) is 0 Å². The molecule has 0 fully saturated rings. The Kier molecular flexibility index (Phi) is 7.12. The van der Waals surface area contributed by atoms with E-state index in [-0.39, 0.29) is 23.6 Å². The summed E-state index contributed by atoms with van der Waals surface area (Å²) in [5, 5.41) is 9.94. The predicted octanol–water partition coefficient (Wildman–Crippen LogP) is 7.21. The zero-order chi connectivity index (χ0) is 27.0. The van der Waals surface area contributed by atoms with Crippen LogP contribution in [-0.2, 0) is 16.8 Å². The molecule has 3 aromatic carbocycles. The average molecular weight is 522 g/mol. The standard InChI is InChI=1S/C28H25F6NO2/c1-18(19-9-4-2-5-10-19)25(36)35-23(20-11-6-3-7-12-20)14-8-13-21-17-22(15-16-24(21)35)26(37,27(29,30)31)28(32,33)34/h2-7,9-12,15-18,23,37H,8,13-14H2,1H3. The van der Waals surface area contributed by atoms with Crippen LogP contribution in [0, 0.1) is 0 Å². The van der Waals surface area contributed by atoms with Gasteiger partial charge in [-0.3, -0.25) is 4.79 Å². The molecule has 0 radical (unpaired) electrons. The second kappa shape index (κ2) is 9.85. The van der Waals surface area contributed by atoms with Gasteiger partial charge in [-0.15, -0.1) is 0 Å². The molecule has 1 aliphatic rings. The Morgan fingerprint density at radius 3 is 2.03 bits per heavy atom. The molecule has 1 N–H and O–H groups in total. The van der Waals surface area contributed by atoms with Gasteiger partial charge in [0.15, 0.2) is 0 Å². The van der Waals surface area contributed by atoms with E-state index in [1.165, 1.54) is 4.90 Å². The van der Waals surface area contributed by atoms with E-state index in [1.54, 1.807) is 49.4 Å². The topological polar surface area (TPSA) is 40.5 Å². The Hall–Kier alpha value is -3.33. The van der Waals surface area contributed by atoms with E-state index in [0.29, 0.717) is 18.9 Å². The van der Waals surface area contributed by atoms with E-state index in [0.717, 1.165) is 23.3 Å². The first-order valence-electron chi connectivity index (χ1n) is 11.8. The monoisotopic (exact) mass is 521 g/mol. The third kappa shape index (κ3) is 4.84. The second-order valence-electron chi connectivity index (χ2n) is 9.21. The van der Waals surface area contributed by atoms with Gasteiger partial charge in [-0.1, -0.05) is 72.8 Å². The zero-order valence-electron chi connectivity index (χ0n) is 19.9. The van der Waals surface area contributed by atoms with Crippen LogP contribution in [0.4, 0.5) is 32.0 Å². The minimum atomic E-state index is -5.99. The van der Waals surface area contributed by atoms with Crippen molar-refractivity contribution in [1.29, 1.82) is 0 Å². The van der Waals surface area contributed by atoms with Gasteiger partial charge >= 0.3 is 12.4 Å². The van der Waals surface area contributed by atoms with Crippen LogP contribution in [0.3, 0.4) is 0 Å². The first kappa shape index (κ1) is 26.7. The number of aliphatic hydroxyl groups is 1. The highest BCUT2D eigenvalue weighted by atomic mass is 19.4. The maximum absolute atomic E-state index is 13.9. The van der Waals surface area contributed by atoms with Crippen LogP contribution >= 0.6 is 0 Å². The summed E-state index contributed by atoms with van der Waals surface area (Å²) in [6, 6.07) is 20.0. The number of benzene rings is 3. The number of fused-ring (bicyclic) bond motifs is 1. The summed E-state index contributed by atoms with van der Waals surface area (Å²) in [4.78, 5) is 15.4. The second-order valence-corrected chi connectivity index (χ2v) is 9.21. The molecule has 0 spiro atoms. The van der Waals surface area contributed by atoms with Gasteiger partial charge in [0.2, 0.25) is 5.91 Å². The van der Waals surface area contributed by atoms with E-state index >= 15 is 0 Å². The number of carbonyl (C=O) groups is 1. The normalized spacial score (nSPS) is 17.6. The molecule has 1 amide bonds. The number of nitrogens with zero attached hydrogens (tertiary/aromatic N) is 1. The molecule has 1 aliphatic heterocycles. The summed E-state index contributed by atoms with van der Waals surface area (Å²) in [5.41, 5.74) is -4.47. The van der Waals surface area contributed by atoms with Crippen LogP contribution < -0.4 is 4.90 Å². The Morgan fingerprint density at radius 1 is 0.892 bits per heavy atom. The number of anilines is 1. The van der Waals surface area contributed by atoms with Crippen molar-refractivity contribution in [2.24, 2.45) is 0 Å². The quantitative estimate of drug-likeness (QED) is 0.369. The third-order valence-electron chi connectivity index (χ3n) is 6.90. The lowest BCUT2D eigenvalue weighted by atomic mass is 9.89. The summed E-state index contributed by atoms with van der Waals surface area (Å²) in [6.45, 7) is 1.71.